The Morgan fingerprint density at radius 1 is 1.00 bits per heavy atom. The summed E-state index contributed by atoms with van der Waals surface area (Å²) in [7, 11) is 0. The number of benzene rings is 2. The molecule has 0 unspecified atom stereocenters. The molecule has 24 heavy (non-hydrogen) atoms. The van der Waals surface area contributed by atoms with Gasteiger partial charge in [0, 0.05) is 16.9 Å². The summed E-state index contributed by atoms with van der Waals surface area (Å²) in [5.41, 5.74) is 3.58. The van der Waals surface area contributed by atoms with Crippen molar-refractivity contribution in [1.29, 1.82) is 0 Å². The summed E-state index contributed by atoms with van der Waals surface area (Å²) < 4.78 is 0. The summed E-state index contributed by atoms with van der Waals surface area (Å²) in [4.78, 5) is 21.0. The van der Waals surface area contributed by atoms with Crippen LogP contribution in [-0.2, 0) is 4.79 Å². The van der Waals surface area contributed by atoms with Crippen molar-refractivity contribution < 1.29 is 4.79 Å². The Balaban J connectivity index is 1.67. The molecular weight excluding hydrogens is 318 g/mol. The zero-order valence-corrected chi connectivity index (χ0v) is 14.1. The van der Waals surface area contributed by atoms with E-state index in [1.807, 2.05) is 73.7 Å². The van der Waals surface area contributed by atoms with Crippen LogP contribution in [0.1, 0.15) is 5.69 Å². The highest BCUT2D eigenvalue weighted by Gasteiger charge is 2.08. The first-order chi connectivity index (χ1) is 11.7. The minimum absolute atomic E-state index is 0.0717. The molecule has 0 saturated heterocycles. The molecule has 0 aliphatic carbocycles. The van der Waals surface area contributed by atoms with E-state index in [1.54, 1.807) is 0 Å². The third-order valence-corrected chi connectivity index (χ3v) is 4.14. The van der Waals surface area contributed by atoms with Gasteiger partial charge in [0.1, 0.15) is 0 Å². The molecule has 4 nitrogen and oxygen atoms in total. The van der Waals surface area contributed by atoms with Crippen LogP contribution < -0.4 is 5.32 Å². The number of hydrogen-bond acceptors (Lipinski definition) is 4. The number of carbonyl (C=O) groups is 1. The summed E-state index contributed by atoms with van der Waals surface area (Å²) in [6.45, 7) is 1.93. The van der Waals surface area contributed by atoms with Gasteiger partial charge in [0.25, 0.3) is 0 Å². The molecule has 1 aromatic heterocycles. The Morgan fingerprint density at radius 3 is 2.38 bits per heavy atom. The number of anilines is 1. The molecule has 0 fully saturated rings. The van der Waals surface area contributed by atoms with Crippen molar-refractivity contribution in [3.8, 4) is 11.3 Å². The topological polar surface area (TPSA) is 54.9 Å². The molecule has 0 radical (unpaired) electrons. The molecule has 3 aromatic rings. The van der Waals surface area contributed by atoms with Gasteiger partial charge in [-0.25, -0.2) is 9.97 Å². The predicted octanol–water partition coefficient (Wildman–Crippen LogP) is 4.18. The van der Waals surface area contributed by atoms with Crippen LogP contribution in [0.25, 0.3) is 11.3 Å². The van der Waals surface area contributed by atoms with E-state index < -0.39 is 0 Å². The zero-order chi connectivity index (χ0) is 16.8. The molecule has 2 aromatic carbocycles. The number of aromatic nitrogens is 2. The summed E-state index contributed by atoms with van der Waals surface area (Å²) in [5.74, 6) is 0.199. The fourth-order valence-electron chi connectivity index (χ4n) is 2.21. The lowest BCUT2D eigenvalue weighted by molar-refractivity contribution is -0.113. The monoisotopic (exact) mass is 335 g/mol. The van der Waals surface area contributed by atoms with Crippen LogP contribution in [0.5, 0.6) is 0 Å². The van der Waals surface area contributed by atoms with Crippen molar-refractivity contribution in [2.75, 3.05) is 11.1 Å². The highest BCUT2D eigenvalue weighted by molar-refractivity contribution is 7.99. The molecule has 5 heteroatoms. The van der Waals surface area contributed by atoms with E-state index in [2.05, 4.69) is 15.3 Å². The third kappa shape index (κ3) is 4.43. The first kappa shape index (κ1) is 16.2. The Labute approximate surface area is 145 Å². The van der Waals surface area contributed by atoms with Crippen molar-refractivity contribution in [2.45, 2.75) is 12.1 Å². The number of carbonyl (C=O) groups excluding carboxylic acids is 1. The average molecular weight is 335 g/mol. The summed E-state index contributed by atoms with van der Waals surface area (Å²) in [6.07, 6.45) is 0. The molecule has 0 aliphatic rings. The number of nitrogens with zero attached hydrogens (tertiary/aromatic N) is 2. The van der Waals surface area contributed by atoms with E-state index in [-0.39, 0.29) is 11.7 Å². The number of rotatable bonds is 5. The number of amides is 1. The first-order valence-corrected chi connectivity index (χ1v) is 8.58. The Kier molecular flexibility index (Phi) is 5.23. The second kappa shape index (κ2) is 7.75. The van der Waals surface area contributed by atoms with E-state index in [4.69, 9.17) is 0 Å². The molecule has 1 N–H and O–H groups in total. The molecule has 3 rings (SSSR count). The number of aryl methyl sites for hydroxylation is 1. The molecule has 0 saturated carbocycles. The van der Waals surface area contributed by atoms with Gasteiger partial charge in [-0.15, -0.1) is 0 Å². The fraction of sp³-hybridized carbons (Fsp3) is 0.105. The maximum atomic E-state index is 12.0. The molecular formula is C19H17N3OS. The van der Waals surface area contributed by atoms with Crippen LogP contribution in [0.3, 0.4) is 0 Å². The summed E-state index contributed by atoms with van der Waals surface area (Å²) in [6, 6.07) is 21.3. The minimum Gasteiger partial charge on any atom is -0.325 e. The van der Waals surface area contributed by atoms with Gasteiger partial charge in [-0.2, -0.15) is 0 Å². The molecule has 1 amide bonds. The van der Waals surface area contributed by atoms with E-state index in [9.17, 15) is 4.79 Å². The summed E-state index contributed by atoms with van der Waals surface area (Å²) in [5, 5.41) is 3.47. The van der Waals surface area contributed by atoms with Crippen molar-refractivity contribution in [3.05, 3.63) is 72.4 Å². The predicted molar refractivity (Wildman–Crippen MR) is 98.0 cm³/mol. The van der Waals surface area contributed by atoms with Crippen molar-refractivity contribution in [2.24, 2.45) is 0 Å². The number of nitrogens with one attached hydrogen (secondary N) is 1. The molecule has 120 valence electrons. The smallest absolute Gasteiger partial charge is 0.234 e. The van der Waals surface area contributed by atoms with E-state index in [1.165, 1.54) is 11.8 Å². The van der Waals surface area contributed by atoms with E-state index >= 15 is 0 Å². The van der Waals surface area contributed by atoms with E-state index in [0.29, 0.717) is 5.16 Å². The van der Waals surface area contributed by atoms with Gasteiger partial charge < -0.3 is 5.32 Å². The number of thioether (sulfide) groups is 1. The van der Waals surface area contributed by atoms with Crippen LogP contribution in [0, 0.1) is 6.92 Å². The van der Waals surface area contributed by atoms with Gasteiger partial charge in [-0.05, 0) is 25.1 Å². The highest BCUT2D eigenvalue weighted by atomic mass is 32.2. The van der Waals surface area contributed by atoms with Gasteiger partial charge in [0.15, 0.2) is 5.16 Å². The van der Waals surface area contributed by atoms with Crippen molar-refractivity contribution in [3.63, 3.8) is 0 Å². The highest BCUT2D eigenvalue weighted by Crippen LogP contribution is 2.21. The molecule has 0 bridgehead atoms. The van der Waals surface area contributed by atoms with Crippen LogP contribution >= 0.6 is 11.8 Å². The molecule has 0 atom stereocenters. The number of hydrogen-bond donors (Lipinski definition) is 1. The normalized spacial score (nSPS) is 10.4. The molecule has 0 aliphatic heterocycles. The van der Waals surface area contributed by atoms with Crippen LogP contribution in [0.4, 0.5) is 5.69 Å². The van der Waals surface area contributed by atoms with Crippen LogP contribution in [0.15, 0.2) is 71.9 Å². The first-order valence-electron chi connectivity index (χ1n) is 7.59. The van der Waals surface area contributed by atoms with Gasteiger partial charge in [-0.3, -0.25) is 4.79 Å². The maximum absolute atomic E-state index is 12.0. The zero-order valence-electron chi connectivity index (χ0n) is 13.3. The number of para-hydroxylation sites is 1. The molecule has 0 spiro atoms. The molecule has 1 heterocycles. The van der Waals surface area contributed by atoms with Crippen LogP contribution in [-0.4, -0.2) is 21.6 Å². The standard InChI is InChI=1S/C19H17N3OS/c1-14-12-17(15-8-4-2-5-9-15)22-19(20-14)24-13-18(23)21-16-10-6-3-7-11-16/h2-12H,13H2,1H3,(H,21,23). The summed E-state index contributed by atoms with van der Waals surface area (Å²) >= 11 is 1.34. The lowest BCUT2D eigenvalue weighted by Gasteiger charge is -2.07. The Morgan fingerprint density at radius 2 is 1.67 bits per heavy atom. The lowest BCUT2D eigenvalue weighted by atomic mass is 10.1. The fourth-order valence-corrected chi connectivity index (χ4v) is 2.92. The third-order valence-electron chi connectivity index (χ3n) is 3.29. The Bertz CT molecular complexity index is 823. The van der Waals surface area contributed by atoms with Crippen LogP contribution in [0.2, 0.25) is 0 Å². The maximum Gasteiger partial charge on any atom is 0.234 e. The minimum atomic E-state index is -0.0717. The lowest BCUT2D eigenvalue weighted by Crippen LogP contribution is -2.14. The van der Waals surface area contributed by atoms with Gasteiger partial charge >= 0.3 is 0 Å². The quantitative estimate of drug-likeness (QED) is 0.561. The van der Waals surface area contributed by atoms with Gasteiger partial charge in [0.05, 0.1) is 11.4 Å². The van der Waals surface area contributed by atoms with Gasteiger partial charge in [0.2, 0.25) is 5.91 Å². The van der Waals surface area contributed by atoms with Crippen molar-refractivity contribution >= 4 is 23.4 Å². The second-order valence-electron chi connectivity index (χ2n) is 5.25. The second-order valence-corrected chi connectivity index (χ2v) is 6.19. The largest absolute Gasteiger partial charge is 0.325 e. The average Bonchev–Trinajstić information content (AvgIpc) is 2.61. The van der Waals surface area contributed by atoms with Crippen molar-refractivity contribution in [1.82, 2.24) is 9.97 Å². The van der Waals surface area contributed by atoms with Gasteiger partial charge in [-0.1, -0.05) is 60.3 Å². The SMILES string of the molecule is Cc1cc(-c2ccccc2)nc(SCC(=O)Nc2ccccc2)n1. The Hall–Kier alpha value is -2.66. The van der Waals surface area contributed by atoms with E-state index in [0.717, 1.165) is 22.6 Å².